The first-order valence-corrected chi connectivity index (χ1v) is 5.10. The Morgan fingerprint density at radius 2 is 1.75 bits per heavy atom. The third-order valence-corrected chi connectivity index (χ3v) is 2.23. The maximum Gasteiger partial charge on any atom is 0.164 e. The van der Waals surface area contributed by atoms with Gasteiger partial charge < -0.3 is 20.3 Å². The molecule has 0 amide bonds. The summed E-state index contributed by atoms with van der Waals surface area (Å²) in [7, 11) is 3.08. The Kier molecular flexibility index (Phi) is 3.65. The standard InChI is InChI=1S/C12H19NO3/c1-12(2,13)7-8-5-9(14)11(16-4)6-10(8)15-3/h5-6,14H,7,13H2,1-4H3. The lowest BCUT2D eigenvalue weighted by atomic mass is 9.95. The van der Waals surface area contributed by atoms with E-state index < -0.39 is 0 Å². The molecular weight excluding hydrogens is 206 g/mol. The molecule has 0 bridgehead atoms. The second-order valence-corrected chi connectivity index (χ2v) is 4.50. The average molecular weight is 225 g/mol. The molecule has 0 aromatic heterocycles. The Bertz CT molecular complexity index is 369. The Morgan fingerprint density at radius 3 is 2.19 bits per heavy atom. The molecule has 0 fully saturated rings. The van der Waals surface area contributed by atoms with Gasteiger partial charge in [-0.05, 0) is 31.9 Å². The molecule has 1 aromatic carbocycles. The van der Waals surface area contributed by atoms with Gasteiger partial charge in [-0.2, -0.15) is 0 Å². The van der Waals surface area contributed by atoms with Crippen LogP contribution in [0.2, 0.25) is 0 Å². The van der Waals surface area contributed by atoms with E-state index in [2.05, 4.69) is 0 Å². The minimum Gasteiger partial charge on any atom is -0.504 e. The van der Waals surface area contributed by atoms with Gasteiger partial charge in [0.15, 0.2) is 11.5 Å². The molecule has 0 radical (unpaired) electrons. The highest BCUT2D eigenvalue weighted by molar-refractivity contribution is 5.50. The highest BCUT2D eigenvalue weighted by Gasteiger charge is 2.17. The molecule has 0 aliphatic heterocycles. The Balaban J connectivity index is 3.13. The third kappa shape index (κ3) is 3.03. The summed E-state index contributed by atoms with van der Waals surface area (Å²) in [5.74, 6) is 1.17. The monoisotopic (exact) mass is 225 g/mol. The zero-order valence-electron chi connectivity index (χ0n) is 10.2. The van der Waals surface area contributed by atoms with Crippen LogP contribution in [-0.2, 0) is 6.42 Å². The van der Waals surface area contributed by atoms with E-state index in [0.29, 0.717) is 17.9 Å². The lowest BCUT2D eigenvalue weighted by Crippen LogP contribution is -2.34. The highest BCUT2D eigenvalue weighted by atomic mass is 16.5. The van der Waals surface area contributed by atoms with Crippen molar-refractivity contribution in [2.24, 2.45) is 5.73 Å². The molecule has 0 aliphatic carbocycles. The van der Waals surface area contributed by atoms with Crippen LogP contribution in [0.1, 0.15) is 19.4 Å². The van der Waals surface area contributed by atoms with E-state index in [1.165, 1.54) is 7.11 Å². The van der Waals surface area contributed by atoms with Gasteiger partial charge in [0.2, 0.25) is 0 Å². The van der Waals surface area contributed by atoms with Gasteiger partial charge in [0.1, 0.15) is 5.75 Å². The van der Waals surface area contributed by atoms with E-state index >= 15 is 0 Å². The number of rotatable bonds is 4. The maximum atomic E-state index is 9.69. The Labute approximate surface area is 96.0 Å². The van der Waals surface area contributed by atoms with Gasteiger partial charge in [0.05, 0.1) is 14.2 Å². The van der Waals surface area contributed by atoms with Gasteiger partial charge in [-0.15, -0.1) is 0 Å². The van der Waals surface area contributed by atoms with Crippen LogP contribution in [0.15, 0.2) is 12.1 Å². The third-order valence-electron chi connectivity index (χ3n) is 2.23. The zero-order chi connectivity index (χ0) is 12.3. The Morgan fingerprint density at radius 1 is 1.19 bits per heavy atom. The summed E-state index contributed by atoms with van der Waals surface area (Å²) in [6.07, 6.45) is 0.619. The summed E-state index contributed by atoms with van der Waals surface area (Å²) < 4.78 is 10.3. The molecule has 4 nitrogen and oxygen atoms in total. The largest absolute Gasteiger partial charge is 0.504 e. The van der Waals surface area contributed by atoms with Gasteiger partial charge in [0, 0.05) is 11.6 Å². The lowest BCUT2D eigenvalue weighted by molar-refractivity contribution is 0.360. The molecule has 0 saturated heterocycles. The van der Waals surface area contributed by atoms with E-state index in [-0.39, 0.29) is 11.3 Å². The van der Waals surface area contributed by atoms with Crippen LogP contribution >= 0.6 is 0 Å². The molecule has 4 heteroatoms. The van der Waals surface area contributed by atoms with E-state index in [1.807, 2.05) is 13.8 Å². The zero-order valence-corrected chi connectivity index (χ0v) is 10.2. The topological polar surface area (TPSA) is 64.7 Å². The van der Waals surface area contributed by atoms with Crippen molar-refractivity contribution in [3.05, 3.63) is 17.7 Å². The van der Waals surface area contributed by atoms with E-state index in [4.69, 9.17) is 15.2 Å². The molecule has 90 valence electrons. The number of phenolic OH excluding ortho intramolecular Hbond substituents is 1. The van der Waals surface area contributed by atoms with Crippen molar-refractivity contribution < 1.29 is 14.6 Å². The fourth-order valence-electron chi connectivity index (χ4n) is 1.58. The number of methoxy groups -OCH3 is 2. The predicted octanol–water partition coefficient (Wildman–Crippen LogP) is 1.69. The summed E-state index contributed by atoms with van der Waals surface area (Å²) in [4.78, 5) is 0. The number of hydrogen-bond donors (Lipinski definition) is 2. The first kappa shape index (κ1) is 12.6. The first-order valence-electron chi connectivity index (χ1n) is 5.10. The summed E-state index contributed by atoms with van der Waals surface area (Å²) in [6.45, 7) is 3.85. The van der Waals surface area contributed by atoms with Crippen LogP contribution in [0.4, 0.5) is 0 Å². The van der Waals surface area contributed by atoms with Crippen molar-refractivity contribution in [2.75, 3.05) is 14.2 Å². The normalized spacial score (nSPS) is 11.3. The molecule has 0 aliphatic rings. The first-order chi connectivity index (χ1) is 7.37. The lowest BCUT2D eigenvalue weighted by Gasteiger charge is -2.20. The predicted molar refractivity (Wildman–Crippen MR) is 63.2 cm³/mol. The molecule has 1 rings (SSSR count). The van der Waals surface area contributed by atoms with Crippen LogP contribution in [-0.4, -0.2) is 24.9 Å². The van der Waals surface area contributed by atoms with Gasteiger partial charge in [-0.1, -0.05) is 0 Å². The maximum absolute atomic E-state index is 9.69. The van der Waals surface area contributed by atoms with Crippen molar-refractivity contribution in [1.29, 1.82) is 0 Å². The molecule has 0 spiro atoms. The molecule has 0 unspecified atom stereocenters. The summed E-state index contributed by atoms with van der Waals surface area (Å²) in [6, 6.07) is 3.29. The Hall–Kier alpha value is -1.42. The molecule has 0 saturated carbocycles. The number of benzene rings is 1. The fraction of sp³-hybridized carbons (Fsp3) is 0.500. The van der Waals surface area contributed by atoms with Crippen molar-refractivity contribution in [1.82, 2.24) is 0 Å². The number of aromatic hydroxyl groups is 1. The molecule has 0 atom stereocenters. The van der Waals surface area contributed by atoms with Gasteiger partial charge >= 0.3 is 0 Å². The summed E-state index contributed by atoms with van der Waals surface area (Å²) in [5.41, 5.74) is 6.46. The van der Waals surface area contributed by atoms with Crippen LogP contribution in [0.5, 0.6) is 17.2 Å². The second kappa shape index (κ2) is 4.61. The molecule has 0 heterocycles. The van der Waals surface area contributed by atoms with Crippen LogP contribution in [0.25, 0.3) is 0 Å². The van der Waals surface area contributed by atoms with Crippen LogP contribution < -0.4 is 15.2 Å². The molecular formula is C12H19NO3. The quantitative estimate of drug-likeness (QED) is 0.818. The van der Waals surface area contributed by atoms with E-state index in [0.717, 1.165) is 5.56 Å². The molecule has 16 heavy (non-hydrogen) atoms. The van der Waals surface area contributed by atoms with E-state index in [1.54, 1.807) is 19.2 Å². The van der Waals surface area contributed by atoms with Gasteiger partial charge in [-0.3, -0.25) is 0 Å². The van der Waals surface area contributed by atoms with Crippen molar-refractivity contribution in [3.63, 3.8) is 0 Å². The molecule has 3 N–H and O–H groups in total. The smallest absolute Gasteiger partial charge is 0.164 e. The summed E-state index contributed by atoms with van der Waals surface area (Å²) >= 11 is 0. The number of hydrogen-bond acceptors (Lipinski definition) is 4. The van der Waals surface area contributed by atoms with E-state index in [9.17, 15) is 5.11 Å². The average Bonchev–Trinajstić information content (AvgIpc) is 2.16. The summed E-state index contributed by atoms with van der Waals surface area (Å²) in [5, 5.41) is 9.69. The minimum atomic E-state index is -0.353. The van der Waals surface area contributed by atoms with Crippen molar-refractivity contribution >= 4 is 0 Å². The van der Waals surface area contributed by atoms with Gasteiger partial charge in [0.25, 0.3) is 0 Å². The van der Waals surface area contributed by atoms with Crippen LogP contribution in [0.3, 0.4) is 0 Å². The van der Waals surface area contributed by atoms with Gasteiger partial charge in [-0.25, -0.2) is 0 Å². The van der Waals surface area contributed by atoms with Crippen LogP contribution in [0, 0.1) is 0 Å². The minimum absolute atomic E-state index is 0.0996. The fourth-order valence-corrected chi connectivity index (χ4v) is 1.58. The second-order valence-electron chi connectivity index (χ2n) is 4.50. The molecule has 1 aromatic rings. The number of nitrogens with two attached hydrogens (primary N) is 1. The highest BCUT2D eigenvalue weighted by Crippen LogP contribution is 2.34. The number of ether oxygens (including phenoxy) is 2. The SMILES string of the molecule is COc1cc(OC)c(CC(C)(C)N)cc1O. The number of phenols is 1. The van der Waals surface area contributed by atoms with Crippen molar-refractivity contribution in [2.45, 2.75) is 25.8 Å². The van der Waals surface area contributed by atoms with Crippen molar-refractivity contribution in [3.8, 4) is 17.2 Å².